The normalized spacial score (nSPS) is 18.0. The number of anilines is 2. The van der Waals surface area contributed by atoms with Crippen LogP contribution in [0.15, 0.2) is 60.7 Å². The third-order valence-corrected chi connectivity index (χ3v) is 8.17. The van der Waals surface area contributed by atoms with Crippen LogP contribution < -0.4 is 24.8 Å². The first-order valence-electron chi connectivity index (χ1n) is 13.5. The number of aromatic nitrogens is 1. The van der Waals surface area contributed by atoms with Crippen LogP contribution in [0.4, 0.5) is 25.4 Å². The third kappa shape index (κ3) is 4.22. The number of carbonyl (C=O) groups is 2. The second-order valence-electron chi connectivity index (χ2n) is 10.7. The zero-order valence-corrected chi connectivity index (χ0v) is 22.6. The quantitative estimate of drug-likeness (QED) is 0.286. The lowest BCUT2D eigenvalue weighted by molar-refractivity contribution is 0.0374. The summed E-state index contributed by atoms with van der Waals surface area (Å²) in [7, 11) is 1.59. The molecule has 0 radical (unpaired) electrons. The second-order valence-corrected chi connectivity index (χ2v) is 10.7. The molecular weight excluding hydrogens is 545 g/mol. The van der Waals surface area contributed by atoms with Crippen molar-refractivity contribution in [3.8, 4) is 17.2 Å². The number of aromatic amines is 1. The number of benzene rings is 3. The maximum atomic E-state index is 13.6. The van der Waals surface area contributed by atoms with Crippen LogP contribution in [-0.4, -0.2) is 72.1 Å². The first-order chi connectivity index (χ1) is 20.4. The molecule has 3 aromatic carbocycles. The van der Waals surface area contributed by atoms with Gasteiger partial charge in [0.1, 0.15) is 11.6 Å². The number of hydrogen-bond acceptors (Lipinski definition) is 6. The van der Waals surface area contributed by atoms with E-state index < -0.39 is 23.3 Å². The summed E-state index contributed by atoms with van der Waals surface area (Å²) in [6.07, 6.45) is 0. The largest absolute Gasteiger partial charge is 0.497 e. The highest BCUT2D eigenvalue weighted by molar-refractivity contribution is 5.94. The van der Waals surface area contributed by atoms with E-state index >= 15 is 0 Å². The summed E-state index contributed by atoms with van der Waals surface area (Å²) in [6, 6.07) is 15.0. The number of halogens is 1. The van der Waals surface area contributed by atoms with Gasteiger partial charge in [-0.25, -0.2) is 14.0 Å². The first kappa shape index (κ1) is 26.0. The number of aliphatic hydroxyl groups excluding tert-OH is 1. The minimum atomic E-state index is -0.666. The number of carbonyl (C=O) groups excluding carboxylic acids is 2. The van der Waals surface area contributed by atoms with Crippen LogP contribution in [0.2, 0.25) is 0 Å². The summed E-state index contributed by atoms with van der Waals surface area (Å²) < 4.78 is 29.6. The minimum Gasteiger partial charge on any atom is -0.497 e. The predicted octanol–water partition coefficient (Wildman–Crippen LogP) is 4.41. The number of methoxy groups -OCH3 is 1. The lowest BCUT2D eigenvalue weighted by Crippen LogP contribution is -2.68. The molecule has 4 aromatic rings. The van der Waals surface area contributed by atoms with Crippen molar-refractivity contribution in [1.29, 1.82) is 0 Å². The molecule has 4 heterocycles. The number of H-pyrrole nitrogens is 1. The molecular formula is C30H28FN5O6. The number of urea groups is 2. The molecule has 0 saturated carbocycles. The maximum Gasteiger partial charge on any atom is 0.322 e. The van der Waals surface area contributed by atoms with E-state index in [1.54, 1.807) is 35.1 Å². The predicted molar refractivity (Wildman–Crippen MR) is 152 cm³/mol. The highest BCUT2D eigenvalue weighted by Gasteiger charge is 2.55. The van der Waals surface area contributed by atoms with Crippen molar-refractivity contribution in [2.45, 2.75) is 11.5 Å². The number of amides is 4. The van der Waals surface area contributed by atoms with Crippen LogP contribution >= 0.6 is 0 Å². The van der Waals surface area contributed by atoms with Crippen LogP contribution in [0.3, 0.4) is 0 Å². The number of fused-ring (bicyclic) bond motifs is 5. The molecule has 1 atom stereocenters. The van der Waals surface area contributed by atoms with E-state index in [4.69, 9.17) is 14.2 Å². The van der Waals surface area contributed by atoms with Gasteiger partial charge in [0.05, 0.1) is 25.2 Å². The molecule has 1 saturated heterocycles. The van der Waals surface area contributed by atoms with Gasteiger partial charge in [-0.3, -0.25) is 0 Å². The molecule has 1 spiro atoms. The van der Waals surface area contributed by atoms with Crippen molar-refractivity contribution in [3.63, 3.8) is 0 Å². The molecule has 1 fully saturated rings. The lowest BCUT2D eigenvalue weighted by atomic mass is 9.69. The number of likely N-dealkylation sites (tertiary alicyclic amines) is 1. The smallest absolute Gasteiger partial charge is 0.322 e. The van der Waals surface area contributed by atoms with E-state index in [1.165, 1.54) is 24.3 Å². The van der Waals surface area contributed by atoms with Gasteiger partial charge < -0.3 is 44.7 Å². The van der Waals surface area contributed by atoms with Crippen LogP contribution in [0.25, 0.3) is 10.9 Å². The molecule has 0 aliphatic carbocycles. The molecule has 7 rings (SSSR count). The van der Waals surface area contributed by atoms with Crippen LogP contribution in [0.5, 0.6) is 17.2 Å². The van der Waals surface area contributed by atoms with Gasteiger partial charge >= 0.3 is 12.1 Å². The van der Waals surface area contributed by atoms with Crippen molar-refractivity contribution in [3.05, 3.63) is 77.7 Å². The lowest BCUT2D eigenvalue weighted by Gasteiger charge is -2.55. The molecule has 216 valence electrons. The van der Waals surface area contributed by atoms with Crippen molar-refractivity contribution < 1.29 is 33.3 Å². The third-order valence-electron chi connectivity index (χ3n) is 8.17. The number of nitrogens with one attached hydrogen (secondary N) is 3. The Morgan fingerprint density at radius 3 is 2.50 bits per heavy atom. The molecule has 11 nitrogen and oxygen atoms in total. The van der Waals surface area contributed by atoms with Crippen LogP contribution in [0.1, 0.15) is 17.3 Å². The molecule has 4 N–H and O–H groups in total. The molecule has 42 heavy (non-hydrogen) atoms. The summed E-state index contributed by atoms with van der Waals surface area (Å²) >= 11 is 0. The SMILES string of the molecule is COc1ccc2c3c([nH]c2c1)[C@@H](CO)N(C(=O)Nc1ccc(F)cc1)CC31CN(C(=O)Nc2ccc3c(c2)OCO3)C1. The average Bonchev–Trinajstić information content (AvgIpc) is 3.60. The van der Waals surface area contributed by atoms with Gasteiger partial charge in [-0.1, -0.05) is 0 Å². The van der Waals surface area contributed by atoms with Crippen molar-refractivity contribution >= 4 is 34.3 Å². The molecule has 4 amide bonds. The Balaban J connectivity index is 1.20. The zero-order chi connectivity index (χ0) is 29.0. The summed E-state index contributed by atoms with van der Waals surface area (Å²) in [5.41, 5.74) is 2.89. The van der Waals surface area contributed by atoms with E-state index in [-0.39, 0.29) is 26.0 Å². The topological polar surface area (TPSA) is 128 Å². The molecule has 3 aliphatic heterocycles. The molecule has 12 heteroatoms. The maximum absolute atomic E-state index is 13.6. The van der Waals surface area contributed by atoms with Crippen molar-refractivity contribution in [2.24, 2.45) is 0 Å². The number of ether oxygens (including phenoxy) is 3. The Hall–Kier alpha value is -4.97. The Morgan fingerprint density at radius 1 is 1.00 bits per heavy atom. The van der Waals surface area contributed by atoms with Gasteiger partial charge in [0.15, 0.2) is 11.5 Å². The molecule has 0 unspecified atom stereocenters. The van der Waals surface area contributed by atoms with E-state index in [9.17, 15) is 19.1 Å². The van der Waals surface area contributed by atoms with E-state index in [0.29, 0.717) is 47.4 Å². The number of hydrogen-bond donors (Lipinski definition) is 4. The fourth-order valence-electron chi connectivity index (χ4n) is 6.21. The van der Waals surface area contributed by atoms with Gasteiger partial charge in [0, 0.05) is 59.7 Å². The number of rotatable bonds is 4. The van der Waals surface area contributed by atoms with Gasteiger partial charge in [0.25, 0.3) is 0 Å². The summed E-state index contributed by atoms with van der Waals surface area (Å²) in [6.45, 7) is 0.755. The summed E-state index contributed by atoms with van der Waals surface area (Å²) in [5, 5.41) is 17.2. The summed E-state index contributed by atoms with van der Waals surface area (Å²) in [4.78, 5) is 33.5. The van der Waals surface area contributed by atoms with Crippen LogP contribution in [-0.2, 0) is 5.41 Å². The van der Waals surface area contributed by atoms with E-state index in [0.717, 1.165) is 16.5 Å². The van der Waals surface area contributed by atoms with Crippen molar-refractivity contribution in [1.82, 2.24) is 14.8 Å². The minimum absolute atomic E-state index is 0.139. The standard InChI is InChI=1S/C30H28FN5O6/c1-40-20-7-8-21-22(11-20)34-27-23(12-37)36(29(39)32-18-4-2-17(31)3-5-18)15-30(26(21)27)13-35(14-30)28(38)33-19-6-9-24-25(10-19)42-16-41-24/h2-11,23,34,37H,12-16H2,1H3,(H,32,39)(H,33,38)/t23-/m1/s1. The Labute approximate surface area is 239 Å². The van der Waals surface area contributed by atoms with Gasteiger partial charge in [0.2, 0.25) is 6.79 Å². The fraction of sp³-hybridized carbons (Fsp3) is 0.267. The highest BCUT2D eigenvalue weighted by Crippen LogP contribution is 2.49. The van der Waals surface area contributed by atoms with E-state index in [1.807, 2.05) is 18.2 Å². The zero-order valence-electron chi connectivity index (χ0n) is 22.6. The van der Waals surface area contributed by atoms with Gasteiger partial charge in [-0.15, -0.1) is 0 Å². The average molecular weight is 574 g/mol. The Bertz CT molecular complexity index is 1700. The fourth-order valence-corrected chi connectivity index (χ4v) is 6.21. The van der Waals surface area contributed by atoms with E-state index in [2.05, 4.69) is 15.6 Å². The van der Waals surface area contributed by atoms with Gasteiger partial charge in [-0.2, -0.15) is 0 Å². The highest BCUT2D eigenvalue weighted by atomic mass is 19.1. The van der Waals surface area contributed by atoms with Gasteiger partial charge in [-0.05, 0) is 54.1 Å². The molecule has 0 bridgehead atoms. The first-order valence-corrected chi connectivity index (χ1v) is 13.5. The van der Waals surface area contributed by atoms with Crippen molar-refractivity contribution in [2.75, 3.05) is 50.8 Å². The summed E-state index contributed by atoms with van der Waals surface area (Å²) in [5.74, 6) is 1.45. The monoisotopic (exact) mass is 573 g/mol. The molecule has 1 aromatic heterocycles. The number of aliphatic hydroxyl groups is 1. The number of nitrogens with zero attached hydrogens (tertiary/aromatic N) is 2. The second kappa shape index (κ2) is 9.84. The Kier molecular flexibility index (Phi) is 6.08. The molecule has 3 aliphatic rings. The van der Waals surface area contributed by atoms with Crippen LogP contribution in [0, 0.1) is 5.82 Å². The Morgan fingerprint density at radius 2 is 1.74 bits per heavy atom.